The minimum atomic E-state index is 0. The van der Waals surface area contributed by atoms with Crippen LogP contribution < -0.4 is 10.6 Å². The molecule has 3 unspecified atom stereocenters. The molecule has 1 aliphatic carbocycles. The van der Waals surface area contributed by atoms with E-state index in [1.165, 1.54) is 55.2 Å². The first kappa shape index (κ1) is 20.3. The smallest absolute Gasteiger partial charge is 0.220 e. The average molecular weight is 365 g/mol. The van der Waals surface area contributed by atoms with E-state index in [-0.39, 0.29) is 24.4 Å². The van der Waals surface area contributed by atoms with Gasteiger partial charge >= 0.3 is 0 Å². The molecule has 4 heteroatoms. The molecule has 0 bridgehead atoms. The van der Waals surface area contributed by atoms with Gasteiger partial charge in [0.05, 0.1) is 6.04 Å². The predicted octanol–water partition coefficient (Wildman–Crippen LogP) is 4.19. The molecule has 1 fully saturated rings. The van der Waals surface area contributed by atoms with Crippen molar-refractivity contribution in [1.82, 2.24) is 10.6 Å². The van der Waals surface area contributed by atoms with Crippen molar-refractivity contribution in [3.63, 3.8) is 0 Å². The highest BCUT2D eigenvalue weighted by molar-refractivity contribution is 5.85. The molecule has 1 saturated heterocycles. The van der Waals surface area contributed by atoms with E-state index in [2.05, 4.69) is 42.7 Å². The molecule has 2 aliphatic rings. The second-order valence-corrected chi connectivity index (χ2v) is 7.81. The van der Waals surface area contributed by atoms with Crippen molar-refractivity contribution in [3.8, 4) is 0 Å². The summed E-state index contributed by atoms with van der Waals surface area (Å²) in [5, 5.41) is 6.67. The second kappa shape index (κ2) is 9.59. The van der Waals surface area contributed by atoms with Crippen LogP contribution in [0.3, 0.4) is 0 Å². The molecule has 1 aromatic carbocycles. The fourth-order valence-corrected chi connectivity index (χ4v) is 4.23. The molecule has 0 spiro atoms. The van der Waals surface area contributed by atoms with Crippen LogP contribution in [0.15, 0.2) is 18.2 Å². The second-order valence-electron chi connectivity index (χ2n) is 7.81. The van der Waals surface area contributed by atoms with Crippen LogP contribution >= 0.6 is 12.4 Å². The minimum absolute atomic E-state index is 0. The Labute approximate surface area is 158 Å². The highest BCUT2D eigenvalue weighted by Gasteiger charge is 2.23. The third-order valence-electron chi connectivity index (χ3n) is 5.90. The number of halogens is 1. The highest BCUT2D eigenvalue weighted by atomic mass is 35.5. The number of amides is 1. The zero-order valence-electron chi connectivity index (χ0n) is 15.6. The van der Waals surface area contributed by atoms with E-state index < -0.39 is 0 Å². The summed E-state index contributed by atoms with van der Waals surface area (Å²) in [5.41, 5.74) is 4.24. The molecule has 0 aromatic heterocycles. The Balaban J connectivity index is 0.00000225. The Bertz CT molecular complexity index is 569. The normalized spacial score (nSPS) is 22.2. The summed E-state index contributed by atoms with van der Waals surface area (Å²) in [6, 6.07) is 6.88. The van der Waals surface area contributed by atoms with Crippen molar-refractivity contribution in [1.29, 1.82) is 0 Å². The first-order valence-corrected chi connectivity index (χ1v) is 9.75. The lowest BCUT2D eigenvalue weighted by atomic mass is 9.85. The average Bonchev–Trinajstić information content (AvgIpc) is 2.61. The van der Waals surface area contributed by atoms with E-state index in [1.807, 2.05) is 0 Å². The van der Waals surface area contributed by atoms with Gasteiger partial charge in [-0.05, 0) is 87.1 Å². The van der Waals surface area contributed by atoms with Crippen molar-refractivity contribution in [3.05, 3.63) is 34.9 Å². The Morgan fingerprint density at radius 1 is 1.20 bits per heavy atom. The van der Waals surface area contributed by atoms with E-state index in [9.17, 15) is 4.79 Å². The molecular weight excluding hydrogens is 332 g/mol. The highest BCUT2D eigenvalue weighted by Crippen LogP contribution is 2.26. The van der Waals surface area contributed by atoms with Crippen LogP contribution in [-0.2, 0) is 17.6 Å². The Kier molecular flexibility index (Phi) is 7.77. The van der Waals surface area contributed by atoms with Gasteiger partial charge in [0.1, 0.15) is 0 Å². The molecule has 1 heterocycles. The first-order valence-electron chi connectivity index (χ1n) is 9.75. The zero-order chi connectivity index (χ0) is 16.9. The molecule has 25 heavy (non-hydrogen) atoms. The standard InChI is InChI=1S/C21H32N2O.ClH/c1-15(20-8-5-11-22-14-20)12-21(24)23-16(2)18-10-9-17-6-3-4-7-19(17)13-18;/h9-10,13,15-16,20,22H,3-8,11-12,14H2,1-2H3,(H,23,24);1H. The number of piperidine rings is 1. The van der Waals surface area contributed by atoms with Crippen molar-refractivity contribution in [2.45, 2.75) is 64.8 Å². The summed E-state index contributed by atoms with van der Waals surface area (Å²) in [5.74, 6) is 1.29. The number of hydrogen-bond acceptors (Lipinski definition) is 2. The maximum atomic E-state index is 12.4. The van der Waals surface area contributed by atoms with Gasteiger partial charge in [-0.2, -0.15) is 0 Å². The van der Waals surface area contributed by atoms with E-state index in [0.29, 0.717) is 18.3 Å². The molecule has 3 nitrogen and oxygen atoms in total. The summed E-state index contributed by atoms with van der Waals surface area (Å²) in [4.78, 5) is 12.4. The van der Waals surface area contributed by atoms with Crippen LogP contribution in [-0.4, -0.2) is 19.0 Å². The number of carbonyl (C=O) groups is 1. The van der Waals surface area contributed by atoms with Crippen LogP contribution in [0, 0.1) is 11.8 Å². The largest absolute Gasteiger partial charge is 0.350 e. The van der Waals surface area contributed by atoms with Gasteiger partial charge in [-0.15, -0.1) is 12.4 Å². The Hall–Kier alpha value is -1.06. The number of rotatable bonds is 5. The van der Waals surface area contributed by atoms with Crippen molar-refractivity contribution >= 4 is 18.3 Å². The molecule has 3 atom stereocenters. The lowest BCUT2D eigenvalue weighted by Gasteiger charge is -2.28. The molecule has 1 amide bonds. The quantitative estimate of drug-likeness (QED) is 0.822. The SMILES string of the molecule is CC(NC(=O)CC(C)C1CCCNC1)c1ccc2c(c1)CCCC2.Cl. The van der Waals surface area contributed by atoms with Crippen molar-refractivity contribution in [2.75, 3.05) is 13.1 Å². The third-order valence-corrected chi connectivity index (χ3v) is 5.90. The van der Waals surface area contributed by atoms with Crippen LogP contribution in [0.2, 0.25) is 0 Å². The van der Waals surface area contributed by atoms with Gasteiger partial charge in [-0.25, -0.2) is 0 Å². The minimum Gasteiger partial charge on any atom is -0.350 e. The maximum absolute atomic E-state index is 12.4. The summed E-state index contributed by atoms with van der Waals surface area (Å²) >= 11 is 0. The third kappa shape index (κ3) is 5.46. The van der Waals surface area contributed by atoms with Crippen LogP contribution in [0.5, 0.6) is 0 Å². The van der Waals surface area contributed by atoms with Gasteiger partial charge in [0, 0.05) is 6.42 Å². The van der Waals surface area contributed by atoms with E-state index in [0.717, 1.165) is 13.1 Å². The zero-order valence-corrected chi connectivity index (χ0v) is 16.5. The fraction of sp³-hybridized carbons (Fsp3) is 0.667. The summed E-state index contributed by atoms with van der Waals surface area (Å²) in [6.45, 7) is 6.52. The van der Waals surface area contributed by atoms with Gasteiger partial charge in [0.2, 0.25) is 5.91 Å². The lowest BCUT2D eigenvalue weighted by Crippen LogP contribution is -2.36. The summed E-state index contributed by atoms with van der Waals surface area (Å²) in [7, 11) is 0. The van der Waals surface area contributed by atoms with Crippen molar-refractivity contribution in [2.24, 2.45) is 11.8 Å². The Morgan fingerprint density at radius 3 is 2.68 bits per heavy atom. The molecule has 1 aliphatic heterocycles. The first-order chi connectivity index (χ1) is 11.6. The number of hydrogen-bond donors (Lipinski definition) is 2. The van der Waals surface area contributed by atoms with Gasteiger partial charge in [0.15, 0.2) is 0 Å². The van der Waals surface area contributed by atoms with E-state index in [1.54, 1.807) is 0 Å². The van der Waals surface area contributed by atoms with Gasteiger partial charge in [-0.1, -0.05) is 25.1 Å². The van der Waals surface area contributed by atoms with Crippen LogP contribution in [0.25, 0.3) is 0 Å². The van der Waals surface area contributed by atoms with E-state index in [4.69, 9.17) is 0 Å². The number of aryl methyl sites for hydroxylation is 2. The van der Waals surface area contributed by atoms with Gasteiger partial charge in [-0.3, -0.25) is 4.79 Å². The summed E-state index contributed by atoms with van der Waals surface area (Å²) in [6.07, 6.45) is 8.14. The number of carbonyl (C=O) groups excluding carboxylic acids is 1. The summed E-state index contributed by atoms with van der Waals surface area (Å²) < 4.78 is 0. The monoisotopic (exact) mass is 364 g/mol. The van der Waals surface area contributed by atoms with Crippen LogP contribution in [0.1, 0.15) is 68.7 Å². The van der Waals surface area contributed by atoms with E-state index >= 15 is 0 Å². The van der Waals surface area contributed by atoms with Gasteiger partial charge < -0.3 is 10.6 Å². The fourth-order valence-electron chi connectivity index (χ4n) is 4.23. The predicted molar refractivity (Wildman–Crippen MR) is 106 cm³/mol. The molecule has 0 saturated carbocycles. The number of benzene rings is 1. The van der Waals surface area contributed by atoms with Crippen molar-refractivity contribution < 1.29 is 4.79 Å². The molecule has 2 N–H and O–H groups in total. The molecule has 140 valence electrons. The number of nitrogens with one attached hydrogen (secondary N) is 2. The topological polar surface area (TPSA) is 41.1 Å². The maximum Gasteiger partial charge on any atom is 0.220 e. The molecule has 1 aromatic rings. The molecule has 3 rings (SSSR count). The molecule has 0 radical (unpaired) electrons. The molecular formula is C21H33ClN2O. The van der Waals surface area contributed by atoms with Crippen LogP contribution in [0.4, 0.5) is 0 Å². The number of fused-ring (bicyclic) bond motifs is 1. The Morgan fingerprint density at radius 2 is 1.96 bits per heavy atom. The van der Waals surface area contributed by atoms with Gasteiger partial charge in [0.25, 0.3) is 0 Å². The lowest BCUT2D eigenvalue weighted by molar-refractivity contribution is -0.123.